The van der Waals surface area contributed by atoms with E-state index in [1.54, 1.807) is 0 Å². The molecule has 0 heterocycles. The Morgan fingerprint density at radius 1 is 0.727 bits per heavy atom. The fraction of sp³-hybridized carbons (Fsp3) is 0. The lowest BCUT2D eigenvalue weighted by Gasteiger charge is -1.90. The first kappa shape index (κ1) is 7.88. The van der Waals surface area contributed by atoms with Gasteiger partial charge in [0, 0.05) is 0 Å². The molecule has 1 rings (SSSR count). The van der Waals surface area contributed by atoms with E-state index in [-0.39, 0.29) is 0 Å². The fourth-order valence-corrected chi connectivity index (χ4v) is 0.495. The third kappa shape index (κ3) is 1.14. The summed E-state index contributed by atoms with van der Waals surface area (Å²) in [7, 11) is 0. The van der Waals surface area contributed by atoms with Gasteiger partial charge in [-0.2, -0.15) is 13.2 Å². The lowest BCUT2D eigenvalue weighted by atomic mass is 10.2. The monoisotopic (exact) mass is 167 g/mol. The predicted molar refractivity (Wildman–Crippen MR) is 26.3 cm³/mol. The van der Waals surface area contributed by atoms with Crippen LogP contribution in [0.4, 0.5) is 22.0 Å². The molecule has 0 N–H and O–H groups in total. The minimum atomic E-state index is -2.17. The average Bonchev–Trinajstić information content (AvgIpc) is 1.97. The highest BCUT2D eigenvalue weighted by Gasteiger charge is 2.36. The molecule has 0 bridgehead atoms. The number of allylic oxidation sites excluding steroid dienone is 6. The minimum absolute atomic E-state index is 1.02. The third-order valence-electron chi connectivity index (χ3n) is 0.990. The lowest BCUT2D eigenvalue weighted by Crippen LogP contribution is -1.93. The van der Waals surface area contributed by atoms with Crippen molar-refractivity contribution in [3.8, 4) is 0 Å². The quantitative estimate of drug-likeness (QED) is 0.384. The summed E-state index contributed by atoms with van der Waals surface area (Å²) < 4.78 is 59.9. The Labute approximate surface area is 58.3 Å². The van der Waals surface area contributed by atoms with Crippen molar-refractivity contribution in [3.63, 3.8) is 0 Å². The van der Waals surface area contributed by atoms with Crippen molar-refractivity contribution in [1.29, 1.82) is 0 Å². The van der Waals surface area contributed by atoms with Gasteiger partial charge in [0.15, 0.2) is 0 Å². The van der Waals surface area contributed by atoms with Crippen LogP contribution in [-0.4, -0.2) is 0 Å². The zero-order valence-corrected chi connectivity index (χ0v) is 4.89. The van der Waals surface area contributed by atoms with E-state index in [2.05, 4.69) is 0 Å². The Hall–Kier alpha value is -1.22. The number of hydrogen-bond donors (Lipinski definition) is 0. The number of halogens is 5. The Balaban J connectivity index is 3.28. The molecule has 0 atom stereocenters. The van der Waals surface area contributed by atoms with Gasteiger partial charge in [0.2, 0.25) is 0 Å². The van der Waals surface area contributed by atoms with Crippen molar-refractivity contribution >= 4 is 0 Å². The van der Waals surface area contributed by atoms with Gasteiger partial charge >= 0.3 is 29.1 Å². The van der Waals surface area contributed by atoms with Gasteiger partial charge in [0.25, 0.3) is 0 Å². The molecule has 0 aromatic rings. The molecule has 0 amide bonds. The summed E-state index contributed by atoms with van der Waals surface area (Å²) in [4.78, 5) is 0. The largest absolute Gasteiger partial charge is 0.328 e. The lowest BCUT2D eigenvalue weighted by molar-refractivity contribution is 0.435. The zero-order valence-electron chi connectivity index (χ0n) is 4.89. The van der Waals surface area contributed by atoms with Crippen LogP contribution < -0.4 is 0 Å². The summed E-state index contributed by atoms with van der Waals surface area (Å²) in [6, 6.07) is 0. The molecule has 0 fully saturated rings. The number of hydrogen-bond acceptors (Lipinski definition) is 0. The van der Waals surface area contributed by atoms with E-state index < -0.39 is 29.1 Å². The zero-order chi connectivity index (χ0) is 8.59. The first-order valence-corrected chi connectivity index (χ1v) is 2.44. The van der Waals surface area contributed by atoms with E-state index in [1.165, 1.54) is 0 Å². The molecule has 0 spiro atoms. The van der Waals surface area contributed by atoms with E-state index in [0.29, 0.717) is 0 Å². The number of rotatable bonds is 0. The molecule has 0 nitrogen and oxygen atoms in total. The molecule has 0 unspecified atom stereocenters. The molecule has 1 aliphatic rings. The molecule has 0 aromatic heterocycles. The van der Waals surface area contributed by atoms with E-state index in [1.807, 2.05) is 0 Å². The van der Waals surface area contributed by atoms with Crippen LogP contribution in [0.15, 0.2) is 29.1 Å². The van der Waals surface area contributed by atoms with Crippen LogP contribution in [0.25, 0.3) is 0 Å². The van der Waals surface area contributed by atoms with Crippen molar-refractivity contribution in [2.24, 2.45) is 0 Å². The van der Waals surface area contributed by atoms with Crippen molar-refractivity contribution in [2.45, 2.75) is 0 Å². The highest BCUT2D eigenvalue weighted by atomic mass is 19.2. The van der Waals surface area contributed by atoms with Gasteiger partial charge in [-0.3, -0.25) is 0 Å². The van der Waals surface area contributed by atoms with Crippen molar-refractivity contribution in [2.75, 3.05) is 0 Å². The van der Waals surface area contributed by atoms with Crippen molar-refractivity contribution in [3.05, 3.63) is 35.2 Å². The van der Waals surface area contributed by atoms with Crippen LogP contribution in [0.3, 0.4) is 0 Å². The van der Waals surface area contributed by atoms with Crippen LogP contribution in [0.5, 0.6) is 0 Å². The summed E-state index contributed by atoms with van der Waals surface area (Å²) >= 11 is 0. The molecule has 5 heteroatoms. The van der Waals surface area contributed by atoms with Gasteiger partial charge in [0.05, 0.1) is 0 Å². The molecule has 0 radical (unpaired) electrons. The van der Waals surface area contributed by atoms with Gasteiger partial charge in [-0.15, -0.1) is 8.78 Å². The van der Waals surface area contributed by atoms with Gasteiger partial charge in [-0.05, 0) is 0 Å². The summed E-state index contributed by atoms with van der Waals surface area (Å²) in [5.41, 5.74) is 0. The summed E-state index contributed by atoms with van der Waals surface area (Å²) in [6.07, 6.45) is 1.02. The van der Waals surface area contributed by atoms with E-state index >= 15 is 0 Å². The molecule has 0 saturated carbocycles. The van der Waals surface area contributed by atoms with Gasteiger partial charge < -0.3 is 0 Å². The van der Waals surface area contributed by atoms with Crippen LogP contribution >= 0.6 is 0 Å². The van der Waals surface area contributed by atoms with Crippen LogP contribution in [0.2, 0.25) is 0 Å². The molecular formula is C6F5+. The third-order valence-corrected chi connectivity index (χ3v) is 0.990. The minimum Gasteiger partial charge on any atom is -0.168 e. The smallest absolute Gasteiger partial charge is 0.168 e. The Morgan fingerprint density at radius 3 is 1.82 bits per heavy atom. The van der Waals surface area contributed by atoms with Crippen molar-refractivity contribution in [1.82, 2.24) is 0 Å². The molecule has 11 heavy (non-hydrogen) atoms. The fourth-order valence-electron chi connectivity index (χ4n) is 0.495. The summed E-state index contributed by atoms with van der Waals surface area (Å²) in [5.74, 6) is -10.0. The topological polar surface area (TPSA) is 0 Å². The average molecular weight is 167 g/mol. The molecule has 0 saturated heterocycles. The first-order chi connectivity index (χ1) is 5.04. The molecule has 0 aliphatic heterocycles. The molecule has 1 aliphatic carbocycles. The Morgan fingerprint density at radius 2 is 1.27 bits per heavy atom. The normalized spacial score (nSPS) is 18.5. The van der Waals surface area contributed by atoms with Gasteiger partial charge in [0.1, 0.15) is 6.08 Å². The molecule has 0 aromatic carbocycles. The van der Waals surface area contributed by atoms with Gasteiger partial charge in [-0.1, -0.05) is 0 Å². The molecule has 58 valence electrons. The Bertz CT molecular complexity index is 278. The summed E-state index contributed by atoms with van der Waals surface area (Å²) in [5, 5.41) is 0. The van der Waals surface area contributed by atoms with E-state index in [0.717, 1.165) is 6.08 Å². The maximum atomic E-state index is 12.0. The Kier molecular flexibility index (Phi) is 1.74. The second-order valence-electron chi connectivity index (χ2n) is 1.69. The van der Waals surface area contributed by atoms with Crippen molar-refractivity contribution < 1.29 is 22.0 Å². The predicted octanol–water partition coefficient (Wildman–Crippen LogP) is 2.96. The molecular weight excluding hydrogens is 167 g/mol. The summed E-state index contributed by atoms with van der Waals surface area (Å²) in [6.45, 7) is 0. The highest BCUT2D eigenvalue weighted by Crippen LogP contribution is 2.32. The SMILES string of the molecule is FC1=[C+]C(F)=C(F)C(F)=C1F. The van der Waals surface area contributed by atoms with Crippen LogP contribution in [0, 0.1) is 6.08 Å². The maximum absolute atomic E-state index is 12.0. The maximum Gasteiger partial charge on any atom is 0.328 e. The second kappa shape index (κ2) is 2.43. The van der Waals surface area contributed by atoms with Gasteiger partial charge in [-0.25, -0.2) is 0 Å². The second-order valence-corrected chi connectivity index (χ2v) is 1.69. The van der Waals surface area contributed by atoms with Crippen LogP contribution in [0.1, 0.15) is 0 Å². The van der Waals surface area contributed by atoms with Crippen LogP contribution in [-0.2, 0) is 0 Å². The first-order valence-electron chi connectivity index (χ1n) is 2.44. The standard InChI is InChI=1S/C6F5/c7-2-1-3(8)5(10)6(11)4(2)9/q+1. The van der Waals surface area contributed by atoms with E-state index in [4.69, 9.17) is 0 Å². The van der Waals surface area contributed by atoms with E-state index in [9.17, 15) is 22.0 Å². The highest BCUT2D eigenvalue weighted by molar-refractivity contribution is 5.39.